The molecule has 0 bridgehead atoms. The summed E-state index contributed by atoms with van der Waals surface area (Å²) < 4.78 is 6.37. The summed E-state index contributed by atoms with van der Waals surface area (Å²) in [6.45, 7) is 1.83. The number of nitriles is 1. The summed E-state index contributed by atoms with van der Waals surface area (Å²) in [5, 5.41) is 8.86. The lowest BCUT2D eigenvalue weighted by Gasteiger charge is -2.09. The number of halogens is 1. The van der Waals surface area contributed by atoms with Crippen LogP contribution >= 0.6 is 15.9 Å². The molecule has 0 aliphatic carbocycles. The Hall–Kier alpha value is -2.12. The summed E-state index contributed by atoms with van der Waals surface area (Å²) in [7, 11) is 0. The molecule has 2 aromatic carbocycles. The monoisotopic (exact) mass is 329 g/mol. The van der Waals surface area contributed by atoms with E-state index in [1.54, 1.807) is 36.4 Å². The van der Waals surface area contributed by atoms with Gasteiger partial charge in [0.2, 0.25) is 0 Å². The number of carbonyl (C=O) groups excluding carboxylic acids is 1. The number of rotatable bonds is 4. The van der Waals surface area contributed by atoms with Crippen LogP contribution in [0.2, 0.25) is 0 Å². The van der Waals surface area contributed by atoms with Gasteiger partial charge in [0.25, 0.3) is 0 Å². The van der Waals surface area contributed by atoms with Crippen molar-refractivity contribution in [3.8, 4) is 11.8 Å². The van der Waals surface area contributed by atoms with Gasteiger partial charge in [0, 0.05) is 10.0 Å². The maximum Gasteiger partial charge on any atom is 0.200 e. The molecular formula is C16H12BrNO2. The van der Waals surface area contributed by atoms with E-state index in [0.29, 0.717) is 16.9 Å². The zero-order chi connectivity index (χ0) is 14.5. The summed E-state index contributed by atoms with van der Waals surface area (Å²) >= 11 is 3.33. The van der Waals surface area contributed by atoms with E-state index in [9.17, 15) is 4.79 Å². The summed E-state index contributed by atoms with van der Waals surface area (Å²) in [6, 6.07) is 14.4. The summed E-state index contributed by atoms with van der Waals surface area (Å²) in [6.07, 6.45) is 0. The van der Waals surface area contributed by atoms with E-state index in [1.807, 2.05) is 13.0 Å². The number of ketones is 1. The van der Waals surface area contributed by atoms with Crippen molar-refractivity contribution in [2.45, 2.75) is 6.92 Å². The molecule has 0 N–H and O–H groups in total. The molecule has 3 nitrogen and oxygen atoms in total. The first kappa shape index (κ1) is 14.3. The van der Waals surface area contributed by atoms with Crippen LogP contribution in [-0.4, -0.2) is 12.4 Å². The number of ether oxygens (including phenoxy) is 1. The molecule has 20 heavy (non-hydrogen) atoms. The minimum absolute atomic E-state index is 0.0494. The molecule has 0 unspecified atom stereocenters. The van der Waals surface area contributed by atoms with Gasteiger partial charge in [-0.05, 0) is 36.8 Å². The van der Waals surface area contributed by atoms with Crippen molar-refractivity contribution in [1.82, 2.24) is 0 Å². The topological polar surface area (TPSA) is 50.1 Å². The van der Waals surface area contributed by atoms with Gasteiger partial charge >= 0.3 is 0 Å². The van der Waals surface area contributed by atoms with Gasteiger partial charge in [-0.15, -0.1) is 0 Å². The minimum Gasteiger partial charge on any atom is -0.485 e. The van der Waals surface area contributed by atoms with Crippen LogP contribution in [0, 0.1) is 18.3 Å². The SMILES string of the molecule is Cc1ccc(C#N)cc1OCC(=O)c1cccc(Br)c1. The second-order valence-corrected chi connectivity index (χ2v) is 5.23. The third kappa shape index (κ3) is 3.46. The highest BCUT2D eigenvalue weighted by molar-refractivity contribution is 9.10. The zero-order valence-corrected chi connectivity index (χ0v) is 12.5. The Morgan fingerprint density at radius 2 is 2.10 bits per heavy atom. The molecule has 100 valence electrons. The van der Waals surface area contributed by atoms with Crippen molar-refractivity contribution in [2.75, 3.05) is 6.61 Å². The van der Waals surface area contributed by atoms with E-state index in [-0.39, 0.29) is 12.4 Å². The van der Waals surface area contributed by atoms with Crippen molar-refractivity contribution in [3.63, 3.8) is 0 Å². The highest BCUT2D eigenvalue weighted by Gasteiger charge is 2.09. The van der Waals surface area contributed by atoms with Crippen molar-refractivity contribution < 1.29 is 9.53 Å². The van der Waals surface area contributed by atoms with Crippen LogP contribution in [0.4, 0.5) is 0 Å². The first-order valence-corrected chi connectivity index (χ1v) is 6.82. The molecule has 0 aliphatic heterocycles. The third-order valence-corrected chi connectivity index (χ3v) is 3.32. The van der Waals surface area contributed by atoms with E-state index in [1.165, 1.54) is 0 Å². The lowest BCUT2D eigenvalue weighted by molar-refractivity contribution is 0.0921. The number of nitrogens with zero attached hydrogens (tertiary/aromatic N) is 1. The van der Waals surface area contributed by atoms with E-state index < -0.39 is 0 Å². The molecular weight excluding hydrogens is 318 g/mol. The van der Waals surface area contributed by atoms with Gasteiger partial charge in [0.15, 0.2) is 12.4 Å². The van der Waals surface area contributed by atoms with Crippen LogP contribution in [0.15, 0.2) is 46.9 Å². The Balaban J connectivity index is 2.09. The molecule has 0 aliphatic rings. The Kier molecular flexibility index (Phi) is 4.54. The minimum atomic E-state index is -0.104. The van der Waals surface area contributed by atoms with Gasteiger partial charge in [-0.3, -0.25) is 4.79 Å². The normalized spacial score (nSPS) is 9.85. The van der Waals surface area contributed by atoms with E-state index in [0.717, 1.165) is 10.0 Å². The second-order valence-electron chi connectivity index (χ2n) is 4.31. The molecule has 2 aromatic rings. The van der Waals surface area contributed by atoms with Crippen molar-refractivity contribution >= 4 is 21.7 Å². The molecule has 0 aromatic heterocycles. The van der Waals surface area contributed by atoms with Gasteiger partial charge < -0.3 is 4.74 Å². The van der Waals surface area contributed by atoms with Gasteiger partial charge in [0.1, 0.15) is 5.75 Å². The van der Waals surface area contributed by atoms with E-state index >= 15 is 0 Å². The maximum atomic E-state index is 12.0. The summed E-state index contributed by atoms with van der Waals surface area (Å²) in [5.41, 5.74) is 2.00. The first-order valence-electron chi connectivity index (χ1n) is 6.02. The van der Waals surface area contributed by atoms with Crippen molar-refractivity contribution in [3.05, 3.63) is 63.6 Å². The van der Waals surface area contributed by atoms with Gasteiger partial charge in [-0.1, -0.05) is 34.1 Å². The van der Waals surface area contributed by atoms with Crippen LogP contribution in [0.3, 0.4) is 0 Å². The molecule has 0 saturated carbocycles. The quantitative estimate of drug-likeness (QED) is 0.799. The van der Waals surface area contributed by atoms with E-state index in [4.69, 9.17) is 10.00 Å². The van der Waals surface area contributed by atoms with Crippen LogP contribution in [0.1, 0.15) is 21.5 Å². The smallest absolute Gasteiger partial charge is 0.200 e. The average Bonchev–Trinajstić information content (AvgIpc) is 2.46. The second kappa shape index (κ2) is 6.36. The van der Waals surface area contributed by atoms with E-state index in [2.05, 4.69) is 22.0 Å². The van der Waals surface area contributed by atoms with Gasteiger partial charge in [0.05, 0.1) is 11.6 Å². The largest absolute Gasteiger partial charge is 0.485 e. The lowest BCUT2D eigenvalue weighted by atomic mass is 10.1. The zero-order valence-electron chi connectivity index (χ0n) is 10.9. The van der Waals surface area contributed by atoms with Gasteiger partial charge in [-0.25, -0.2) is 0 Å². The Bertz CT molecular complexity index is 689. The molecule has 0 fully saturated rings. The number of carbonyl (C=O) groups is 1. The van der Waals surface area contributed by atoms with Crippen LogP contribution in [0.5, 0.6) is 5.75 Å². The Labute approximate surface area is 125 Å². The fraction of sp³-hybridized carbons (Fsp3) is 0.125. The first-order chi connectivity index (χ1) is 9.60. The Morgan fingerprint density at radius 1 is 1.30 bits per heavy atom. The molecule has 0 atom stereocenters. The van der Waals surface area contributed by atoms with Gasteiger partial charge in [-0.2, -0.15) is 5.26 Å². The number of hydrogen-bond donors (Lipinski definition) is 0. The maximum absolute atomic E-state index is 12.0. The molecule has 4 heteroatoms. The average molecular weight is 330 g/mol. The molecule has 0 radical (unpaired) electrons. The van der Waals surface area contributed by atoms with Crippen LogP contribution < -0.4 is 4.74 Å². The van der Waals surface area contributed by atoms with Crippen molar-refractivity contribution in [2.24, 2.45) is 0 Å². The highest BCUT2D eigenvalue weighted by Crippen LogP contribution is 2.20. The fourth-order valence-electron chi connectivity index (χ4n) is 1.71. The number of Topliss-reactive ketones (excluding diaryl/α,β-unsaturated/α-hetero) is 1. The lowest BCUT2D eigenvalue weighted by Crippen LogP contribution is -2.12. The molecule has 0 spiro atoms. The molecule has 0 saturated heterocycles. The van der Waals surface area contributed by atoms with Crippen LogP contribution in [-0.2, 0) is 0 Å². The van der Waals surface area contributed by atoms with Crippen molar-refractivity contribution in [1.29, 1.82) is 5.26 Å². The molecule has 2 rings (SSSR count). The van der Waals surface area contributed by atoms with Crippen LogP contribution in [0.25, 0.3) is 0 Å². The predicted octanol–water partition coefficient (Wildman–Crippen LogP) is 3.89. The number of hydrogen-bond acceptors (Lipinski definition) is 3. The third-order valence-electron chi connectivity index (χ3n) is 2.82. The summed E-state index contributed by atoms with van der Waals surface area (Å²) in [4.78, 5) is 12.0. The predicted molar refractivity (Wildman–Crippen MR) is 79.9 cm³/mol. The number of benzene rings is 2. The fourth-order valence-corrected chi connectivity index (χ4v) is 2.11. The standard InChI is InChI=1S/C16H12BrNO2/c1-11-5-6-12(9-18)7-16(11)20-10-15(19)13-3-2-4-14(17)8-13/h2-8H,10H2,1H3. The highest BCUT2D eigenvalue weighted by atomic mass is 79.9. The molecule has 0 amide bonds. The Morgan fingerprint density at radius 3 is 2.80 bits per heavy atom. The molecule has 0 heterocycles. The number of aryl methyl sites for hydroxylation is 1. The summed E-state index contributed by atoms with van der Waals surface area (Å²) in [5.74, 6) is 0.459.